The summed E-state index contributed by atoms with van der Waals surface area (Å²) in [5, 5.41) is 9.92. The number of aliphatic hydroxyl groups excluding tert-OH is 1. The molecule has 0 heterocycles. The van der Waals surface area contributed by atoms with Crippen molar-refractivity contribution in [3.05, 3.63) is 27.7 Å². The lowest BCUT2D eigenvalue weighted by molar-refractivity contribution is -0.151. The average molecular weight is 307 g/mol. The maximum absolute atomic E-state index is 11.7. The van der Waals surface area contributed by atoms with Gasteiger partial charge in [0, 0.05) is 10.6 Å². The number of ether oxygens (including phenoxy) is 2. The highest BCUT2D eigenvalue weighted by atomic mass is 35.5. The van der Waals surface area contributed by atoms with Crippen LogP contribution in [0.5, 0.6) is 5.75 Å². The Kier molecular flexibility index (Phi) is 6.42. The van der Waals surface area contributed by atoms with Gasteiger partial charge in [0.05, 0.1) is 18.2 Å². The second-order valence-corrected chi connectivity index (χ2v) is 4.64. The van der Waals surface area contributed by atoms with E-state index in [2.05, 4.69) is 0 Å². The third-order valence-corrected chi connectivity index (χ3v) is 2.93. The van der Waals surface area contributed by atoms with Gasteiger partial charge in [-0.1, -0.05) is 30.1 Å². The highest BCUT2D eigenvalue weighted by molar-refractivity contribution is 6.35. The van der Waals surface area contributed by atoms with Crippen LogP contribution in [0.1, 0.15) is 25.8 Å². The van der Waals surface area contributed by atoms with Crippen molar-refractivity contribution in [1.82, 2.24) is 0 Å². The number of esters is 1. The van der Waals surface area contributed by atoms with Gasteiger partial charge in [0.25, 0.3) is 0 Å². The van der Waals surface area contributed by atoms with Gasteiger partial charge in [-0.3, -0.25) is 0 Å². The second kappa shape index (κ2) is 7.58. The third-order valence-electron chi connectivity index (χ3n) is 2.44. The summed E-state index contributed by atoms with van der Waals surface area (Å²) in [5.41, 5.74) is 0.431. The Morgan fingerprint density at radius 1 is 1.37 bits per heavy atom. The highest BCUT2D eigenvalue weighted by Gasteiger charge is 2.22. The van der Waals surface area contributed by atoms with Crippen molar-refractivity contribution in [1.29, 1.82) is 0 Å². The van der Waals surface area contributed by atoms with Crippen LogP contribution >= 0.6 is 23.2 Å². The molecule has 1 atom stereocenters. The van der Waals surface area contributed by atoms with E-state index in [4.69, 9.17) is 32.7 Å². The van der Waals surface area contributed by atoms with E-state index >= 15 is 0 Å². The summed E-state index contributed by atoms with van der Waals surface area (Å²) in [7, 11) is 0. The fraction of sp³-hybridized carbons (Fsp3) is 0.462. The molecule has 0 radical (unpaired) electrons. The predicted molar refractivity (Wildman–Crippen MR) is 73.7 cm³/mol. The molecule has 1 rings (SSSR count). The Labute approximate surface area is 122 Å². The summed E-state index contributed by atoms with van der Waals surface area (Å²) >= 11 is 11.9. The molecule has 1 aromatic rings. The largest absolute Gasteiger partial charge is 0.477 e. The lowest BCUT2D eigenvalue weighted by Gasteiger charge is -2.19. The number of rotatable bonds is 6. The first-order valence-corrected chi connectivity index (χ1v) is 6.71. The molecule has 4 nitrogen and oxygen atoms in total. The summed E-state index contributed by atoms with van der Waals surface area (Å²) in [5.74, 6) is -0.201. The molecular weight excluding hydrogens is 291 g/mol. The van der Waals surface area contributed by atoms with E-state index in [1.54, 1.807) is 19.9 Å². The molecule has 19 heavy (non-hydrogen) atoms. The molecule has 0 saturated heterocycles. The molecule has 0 aliphatic carbocycles. The maximum atomic E-state index is 11.7. The summed E-state index contributed by atoms with van der Waals surface area (Å²) < 4.78 is 10.5. The topological polar surface area (TPSA) is 55.8 Å². The number of hydrogen-bond donors (Lipinski definition) is 1. The van der Waals surface area contributed by atoms with Gasteiger partial charge in [-0.15, -0.1) is 0 Å². The molecule has 0 spiro atoms. The molecule has 0 aromatic heterocycles. The number of benzene rings is 1. The minimum atomic E-state index is -0.760. The lowest BCUT2D eigenvalue weighted by atomic mass is 10.2. The molecule has 0 aliphatic rings. The molecule has 1 unspecified atom stereocenters. The molecule has 0 bridgehead atoms. The summed E-state index contributed by atoms with van der Waals surface area (Å²) in [4.78, 5) is 11.7. The highest BCUT2D eigenvalue weighted by Crippen LogP contribution is 2.33. The maximum Gasteiger partial charge on any atom is 0.347 e. The van der Waals surface area contributed by atoms with Crippen LogP contribution in [0, 0.1) is 0 Å². The van der Waals surface area contributed by atoms with Crippen molar-refractivity contribution >= 4 is 29.2 Å². The molecule has 0 saturated carbocycles. The minimum Gasteiger partial charge on any atom is -0.477 e. The fourth-order valence-corrected chi connectivity index (χ4v) is 2.12. The van der Waals surface area contributed by atoms with E-state index in [1.165, 1.54) is 6.07 Å². The molecule has 106 valence electrons. The number of hydrogen-bond acceptors (Lipinski definition) is 4. The van der Waals surface area contributed by atoms with E-state index in [0.717, 1.165) is 0 Å². The van der Waals surface area contributed by atoms with Gasteiger partial charge in [0.1, 0.15) is 5.75 Å². The Bertz CT molecular complexity index is 449. The SMILES string of the molecule is CCOC(=O)C(CC)Oc1c(Cl)cc(Cl)cc1CO. The molecule has 1 N–H and O–H groups in total. The molecule has 0 fully saturated rings. The van der Waals surface area contributed by atoms with Gasteiger partial charge >= 0.3 is 5.97 Å². The Hall–Kier alpha value is -0.970. The lowest BCUT2D eigenvalue weighted by Crippen LogP contribution is -2.29. The van der Waals surface area contributed by atoms with E-state index < -0.39 is 12.1 Å². The monoisotopic (exact) mass is 306 g/mol. The average Bonchev–Trinajstić information content (AvgIpc) is 2.37. The van der Waals surface area contributed by atoms with Crippen molar-refractivity contribution in [2.45, 2.75) is 33.0 Å². The summed E-state index contributed by atoms with van der Waals surface area (Å²) in [6.07, 6.45) is -0.327. The van der Waals surface area contributed by atoms with Crippen molar-refractivity contribution in [2.24, 2.45) is 0 Å². The van der Waals surface area contributed by atoms with Gasteiger partial charge in [0.15, 0.2) is 6.10 Å². The zero-order valence-corrected chi connectivity index (χ0v) is 12.3. The Morgan fingerprint density at radius 3 is 2.58 bits per heavy atom. The zero-order valence-electron chi connectivity index (χ0n) is 10.8. The molecule has 6 heteroatoms. The van der Waals surface area contributed by atoms with Crippen molar-refractivity contribution in [3.63, 3.8) is 0 Å². The summed E-state index contributed by atoms with van der Waals surface area (Å²) in [6, 6.07) is 3.04. The van der Waals surface area contributed by atoms with E-state index in [0.29, 0.717) is 17.0 Å². The number of halogens is 2. The van der Waals surface area contributed by atoms with Crippen LogP contribution in [0.2, 0.25) is 10.0 Å². The summed E-state index contributed by atoms with van der Waals surface area (Å²) in [6.45, 7) is 3.51. The van der Waals surface area contributed by atoms with Crippen LogP contribution in [0.3, 0.4) is 0 Å². The molecule has 0 amide bonds. The minimum absolute atomic E-state index is 0.249. The predicted octanol–water partition coefficient (Wildman–Crippen LogP) is 3.21. The molecule has 1 aromatic carbocycles. The van der Waals surface area contributed by atoms with Gasteiger partial charge < -0.3 is 14.6 Å². The first-order chi connectivity index (χ1) is 9.03. The Morgan fingerprint density at radius 2 is 2.05 bits per heavy atom. The van der Waals surface area contributed by atoms with Gasteiger partial charge in [-0.25, -0.2) is 4.79 Å². The van der Waals surface area contributed by atoms with Crippen LogP contribution in [0.4, 0.5) is 0 Å². The number of carbonyl (C=O) groups is 1. The second-order valence-electron chi connectivity index (χ2n) is 3.80. The van der Waals surface area contributed by atoms with Crippen LogP contribution < -0.4 is 4.74 Å². The van der Waals surface area contributed by atoms with E-state index in [9.17, 15) is 9.90 Å². The van der Waals surface area contributed by atoms with Crippen molar-refractivity contribution in [3.8, 4) is 5.75 Å². The van der Waals surface area contributed by atoms with Gasteiger partial charge in [0.2, 0.25) is 0 Å². The standard InChI is InChI=1S/C13H16Cl2O4/c1-3-11(13(17)18-4-2)19-12-8(7-16)5-9(14)6-10(12)15/h5-6,11,16H,3-4,7H2,1-2H3. The first-order valence-electron chi connectivity index (χ1n) is 5.95. The third kappa shape index (κ3) is 4.27. The van der Waals surface area contributed by atoms with Gasteiger partial charge in [-0.2, -0.15) is 0 Å². The van der Waals surface area contributed by atoms with Gasteiger partial charge in [-0.05, 0) is 25.5 Å². The molecule has 0 aliphatic heterocycles. The van der Waals surface area contributed by atoms with Crippen LogP contribution in [-0.4, -0.2) is 23.8 Å². The zero-order chi connectivity index (χ0) is 14.4. The molecular formula is C13H16Cl2O4. The fourth-order valence-electron chi connectivity index (χ4n) is 1.54. The van der Waals surface area contributed by atoms with Crippen LogP contribution in [0.25, 0.3) is 0 Å². The van der Waals surface area contributed by atoms with Crippen molar-refractivity contribution in [2.75, 3.05) is 6.61 Å². The number of carbonyl (C=O) groups excluding carboxylic acids is 1. The quantitative estimate of drug-likeness (QED) is 0.820. The number of aliphatic hydroxyl groups is 1. The normalized spacial score (nSPS) is 12.1. The van der Waals surface area contributed by atoms with Crippen molar-refractivity contribution < 1.29 is 19.4 Å². The van der Waals surface area contributed by atoms with Crippen LogP contribution in [-0.2, 0) is 16.1 Å². The van der Waals surface area contributed by atoms with Crippen LogP contribution in [0.15, 0.2) is 12.1 Å². The smallest absolute Gasteiger partial charge is 0.347 e. The first kappa shape index (κ1) is 16.1. The Balaban J connectivity index is 2.99. The van der Waals surface area contributed by atoms with E-state index in [-0.39, 0.29) is 24.0 Å². The van der Waals surface area contributed by atoms with E-state index in [1.807, 2.05) is 0 Å².